The molecular formula is C22H25ClN2O3. The van der Waals surface area contributed by atoms with Gasteiger partial charge in [0.2, 0.25) is 0 Å². The predicted molar refractivity (Wildman–Crippen MR) is 109 cm³/mol. The fourth-order valence-electron chi connectivity index (χ4n) is 3.93. The van der Waals surface area contributed by atoms with Crippen molar-refractivity contribution in [1.82, 2.24) is 10.2 Å². The molecule has 1 aliphatic heterocycles. The van der Waals surface area contributed by atoms with E-state index in [4.69, 9.17) is 21.1 Å². The number of rotatable bonds is 5. The normalized spacial score (nSPS) is 16.9. The maximum absolute atomic E-state index is 12.8. The number of fused-ring (bicyclic) bond motifs is 1. The zero-order chi connectivity index (χ0) is 19.7. The topological polar surface area (TPSA) is 50.8 Å². The number of hydrogen-bond donors (Lipinski definition) is 1. The number of carbonyl (C=O) groups is 1. The van der Waals surface area contributed by atoms with Gasteiger partial charge in [0.1, 0.15) is 0 Å². The van der Waals surface area contributed by atoms with Crippen molar-refractivity contribution in [3.63, 3.8) is 0 Å². The van der Waals surface area contributed by atoms with E-state index >= 15 is 0 Å². The smallest absolute Gasteiger partial charge is 0.317 e. The first-order valence-electron chi connectivity index (χ1n) is 9.57. The molecule has 2 aliphatic rings. The molecule has 148 valence electrons. The standard InChI is InChI=1S/C22H25ClN2O3/c1-27-19-11-15-7-10-25(13-16(15)12-20(19)28-2)21(26)24-14-22(8-9-22)17-3-5-18(23)6-4-17/h3-6,11-12H,7-10,13-14H2,1-2H3,(H,24,26). The Kier molecular flexibility index (Phi) is 5.11. The van der Waals surface area contributed by atoms with Crippen molar-refractivity contribution in [2.45, 2.75) is 31.2 Å². The van der Waals surface area contributed by atoms with Gasteiger partial charge in [-0.2, -0.15) is 0 Å². The molecule has 1 fully saturated rings. The van der Waals surface area contributed by atoms with E-state index < -0.39 is 0 Å². The summed E-state index contributed by atoms with van der Waals surface area (Å²) in [7, 11) is 3.27. The molecule has 5 nitrogen and oxygen atoms in total. The zero-order valence-corrected chi connectivity index (χ0v) is 17.0. The van der Waals surface area contributed by atoms with Crippen LogP contribution in [0.2, 0.25) is 5.02 Å². The van der Waals surface area contributed by atoms with Gasteiger partial charge in [0.25, 0.3) is 0 Å². The predicted octanol–water partition coefficient (Wildman–Crippen LogP) is 4.16. The first-order chi connectivity index (χ1) is 13.5. The van der Waals surface area contributed by atoms with Gasteiger partial charge in [-0.1, -0.05) is 23.7 Å². The second kappa shape index (κ2) is 7.55. The number of halogens is 1. The molecule has 1 N–H and O–H groups in total. The average molecular weight is 401 g/mol. The van der Waals surface area contributed by atoms with E-state index in [1.165, 1.54) is 11.1 Å². The molecule has 1 heterocycles. The number of carbonyl (C=O) groups excluding carboxylic acids is 1. The largest absolute Gasteiger partial charge is 0.493 e. The maximum atomic E-state index is 12.8. The number of benzene rings is 2. The van der Waals surface area contributed by atoms with Crippen molar-refractivity contribution in [3.05, 3.63) is 58.1 Å². The fourth-order valence-corrected chi connectivity index (χ4v) is 4.06. The third-order valence-electron chi connectivity index (χ3n) is 5.89. The van der Waals surface area contributed by atoms with E-state index in [0.29, 0.717) is 25.4 Å². The van der Waals surface area contributed by atoms with Gasteiger partial charge in [0.15, 0.2) is 11.5 Å². The van der Waals surface area contributed by atoms with Crippen LogP contribution in [0.4, 0.5) is 4.79 Å². The highest BCUT2D eigenvalue weighted by Crippen LogP contribution is 2.47. The van der Waals surface area contributed by atoms with Gasteiger partial charge in [0.05, 0.1) is 14.2 Å². The monoisotopic (exact) mass is 400 g/mol. The molecule has 2 amide bonds. The first kappa shape index (κ1) is 18.9. The Morgan fingerprint density at radius 2 is 1.75 bits per heavy atom. The van der Waals surface area contributed by atoms with E-state index in [2.05, 4.69) is 17.4 Å². The zero-order valence-electron chi connectivity index (χ0n) is 16.3. The van der Waals surface area contributed by atoms with E-state index in [9.17, 15) is 4.79 Å². The molecule has 2 aromatic rings. The van der Waals surface area contributed by atoms with E-state index in [1.807, 2.05) is 29.2 Å². The summed E-state index contributed by atoms with van der Waals surface area (Å²) in [6.45, 7) is 1.93. The molecular weight excluding hydrogens is 376 g/mol. The van der Waals surface area contributed by atoms with Gasteiger partial charge >= 0.3 is 6.03 Å². The van der Waals surface area contributed by atoms with E-state index in [-0.39, 0.29) is 11.4 Å². The van der Waals surface area contributed by atoms with Crippen LogP contribution in [0.5, 0.6) is 11.5 Å². The van der Waals surface area contributed by atoms with Crippen LogP contribution in [-0.2, 0) is 18.4 Å². The molecule has 0 bridgehead atoms. The molecule has 1 saturated carbocycles. The molecule has 2 aromatic carbocycles. The lowest BCUT2D eigenvalue weighted by atomic mass is 9.96. The van der Waals surface area contributed by atoms with Crippen LogP contribution in [0.3, 0.4) is 0 Å². The molecule has 4 rings (SSSR count). The van der Waals surface area contributed by atoms with Gasteiger partial charge in [-0.05, 0) is 60.2 Å². The third-order valence-corrected chi connectivity index (χ3v) is 6.15. The lowest BCUT2D eigenvalue weighted by Gasteiger charge is -2.30. The van der Waals surface area contributed by atoms with Crippen LogP contribution in [-0.4, -0.2) is 38.2 Å². The second-order valence-electron chi connectivity index (χ2n) is 7.59. The Balaban J connectivity index is 1.41. The highest BCUT2D eigenvalue weighted by atomic mass is 35.5. The Hall–Kier alpha value is -2.40. The van der Waals surface area contributed by atoms with Gasteiger partial charge in [-0.3, -0.25) is 0 Å². The Morgan fingerprint density at radius 3 is 2.36 bits per heavy atom. The minimum absolute atomic E-state index is 0.0133. The quantitative estimate of drug-likeness (QED) is 0.820. The number of nitrogens with zero attached hydrogens (tertiary/aromatic N) is 1. The Morgan fingerprint density at radius 1 is 1.11 bits per heavy atom. The number of hydrogen-bond acceptors (Lipinski definition) is 3. The van der Waals surface area contributed by atoms with Gasteiger partial charge in [0, 0.05) is 30.1 Å². The van der Waals surface area contributed by atoms with Crippen molar-refractivity contribution >= 4 is 17.6 Å². The molecule has 0 radical (unpaired) electrons. The molecule has 6 heteroatoms. The molecule has 0 saturated heterocycles. The number of methoxy groups -OCH3 is 2. The molecule has 28 heavy (non-hydrogen) atoms. The van der Waals surface area contributed by atoms with Gasteiger partial charge in [-0.15, -0.1) is 0 Å². The number of ether oxygens (including phenoxy) is 2. The van der Waals surface area contributed by atoms with Gasteiger partial charge in [-0.25, -0.2) is 4.79 Å². The van der Waals surface area contributed by atoms with Crippen LogP contribution in [0, 0.1) is 0 Å². The minimum atomic E-state index is -0.0133. The lowest BCUT2D eigenvalue weighted by molar-refractivity contribution is 0.191. The molecule has 0 spiro atoms. The van der Waals surface area contributed by atoms with Crippen molar-refractivity contribution in [3.8, 4) is 11.5 Å². The van der Waals surface area contributed by atoms with Crippen molar-refractivity contribution in [1.29, 1.82) is 0 Å². The summed E-state index contributed by atoms with van der Waals surface area (Å²) in [6.07, 6.45) is 2.99. The van der Waals surface area contributed by atoms with E-state index in [0.717, 1.165) is 35.6 Å². The van der Waals surface area contributed by atoms with Crippen molar-refractivity contribution < 1.29 is 14.3 Å². The first-order valence-corrected chi connectivity index (χ1v) is 9.95. The number of urea groups is 1. The molecule has 0 unspecified atom stereocenters. The second-order valence-corrected chi connectivity index (χ2v) is 8.03. The summed E-state index contributed by atoms with van der Waals surface area (Å²) < 4.78 is 10.8. The third kappa shape index (κ3) is 3.63. The van der Waals surface area contributed by atoms with Crippen LogP contribution >= 0.6 is 11.6 Å². The van der Waals surface area contributed by atoms with Crippen LogP contribution in [0.25, 0.3) is 0 Å². The molecule has 0 atom stereocenters. The van der Waals surface area contributed by atoms with Crippen LogP contribution < -0.4 is 14.8 Å². The summed E-state index contributed by atoms with van der Waals surface area (Å²) in [6, 6.07) is 12.0. The van der Waals surface area contributed by atoms with Crippen LogP contribution in [0.1, 0.15) is 29.5 Å². The SMILES string of the molecule is COc1cc2c(cc1OC)CN(C(=O)NCC1(c3ccc(Cl)cc3)CC1)CC2. The fraction of sp³-hybridized carbons (Fsp3) is 0.409. The number of amides is 2. The maximum Gasteiger partial charge on any atom is 0.317 e. The van der Waals surface area contributed by atoms with Crippen LogP contribution in [0.15, 0.2) is 36.4 Å². The number of nitrogens with one attached hydrogen (secondary N) is 1. The lowest BCUT2D eigenvalue weighted by Crippen LogP contribution is -2.45. The summed E-state index contributed by atoms with van der Waals surface area (Å²) in [5.74, 6) is 1.43. The Labute approximate surface area is 170 Å². The Bertz CT molecular complexity index is 878. The highest BCUT2D eigenvalue weighted by molar-refractivity contribution is 6.30. The summed E-state index contributed by atoms with van der Waals surface area (Å²) in [5, 5.41) is 3.89. The summed E-state index contributed by atoms with van der Waals surface area (Å²) >= 11 is 6.00. The summed E-state index contributed by atoms with van der Waals surface area (Å²) in [4.78, 5) is 14.7. The molecule has 0 aromatic heterocycles. The average Bonchev–Trinajstić information content (AvgIpc) is 3.52. The summed E-state index contributed by atoms with van der Waals surface area (Å²) in [5.41, 5.74) is 3.63. The van der Waals surface area contributed by atoms with Crippen molar-refractivity contribution in [2.75, 3.05) is 27.3 Å². The highest BCUT2D eigenvalue weighted by Gasteiger charge is 2.44. The minimum Gasteiger partial charge on any atom is -0.493 e. The van der Waals surface area contributed by atoms with Crippen molar-refractivity contribution in [2.24, 2.45) is 0 Å². The van der Waals surface area contributed by atoms with Gasteiger partial charge < -0.3 is 19.7 Å². The molecule has 1 aliphatic carbocycles. The van der Waals surface area contributed by atoms with E-state index in [1.54, 1.807) is 14.2 Å².